The Morgan fingerprint density at radius 3 is 3.07 bits per heavy atom. The van der Waals surface area contributed by atoms with Gasteiger partial charge in [0.15, 0.2) is 0 Å². The van der Waals surface area contributed by atoms with E-state index in [-0.39, 0.29) is 5.92 Å². The molecule has 3 heteroatoms. The topological polar surface area (TPSA) is 20.3 Å². The van der Waals surface area contributed by atoms with Crippen molar-refractivity contribution in [1.29, 1.82) is 0 Å². The Bertz CT molecular complexity index is 364. The third-order valence-corrected chi connectivity index (χ3v) is 3.04. The van der Waals surface area contributed by atoms with Crippen molar-refractivity contribution in [2.75, 3.05) is 18.5 Å². The van der Waals surface area contributed by atoms with Crippen LogP contribution in [-0.4, -0.2) is 19.9 Å². The lowest BCUT2D eigenvalue weighted by Gasteiger charge is -2.31. The van der Waals surface area contributed by atoms with Gasteiger partial charge in [-0.05, 0) is 18.1 Å². The summed E-state index contributed by atoms with van der Waals surface area (Å²) in [5, 5.41) is 0.733. The molecular weight excluding hydrogens is 198 g/mol. The average Bonchev–Trinajstić information content (AvgIpc) is 2.18. The second-order valence-corrected chi connectivity index (χ2v) is 4.04. The van der Waals surface area contributed by atoms with Crippen molar-refractivity contribution in [2.24, 2.45) is 0 Å². The minimum Gasteiger partial charge on any atom is -0.373 e. The van der Waals surface area contributed by atoms with Crippen molar-refractivity contribution >= 4 is 23.6 Å². The van der Waals surface area contributed by atoms with E-state index in [9.17, 15) is 4.79 Å². The van der Waals surface area contributed by atoms with Gasteiger partial charge in [0.25, 0.3) is 0 Å². The first-order valence-corrected chi connectivity index (χ1v) is 5.06. The van der Waals surface area contributed by atoms with Crippen molar-refractivity contribution in [1.82, 2.24) is 0 Å². The summed E-state index contributed by atoms with van der Waals surface area (Å²) in [6.07, 6.45) is 1.90. The predicted octanol–water partition coefficient (Wildman–Crippen LogP) is 2.46. The Morgan fingerprint density at radius 2 is 2.36 bits per heavy atom. The SMILES string of the molecule is CN1CCC(C=O)c2cccc(Cl)c21. The molecule has 2 rings (SSSR count). The first kappa shape index (κ1) is 9.53. The molecule has 74 valence electrons. The molecule has 14 heavy (non-hydrogen) atoms. The van der Waals surface area contributed by atoms with Gasteiger partial charge in [-0.1, -0.05) is 23.7 Å². The number of hydrogen-bond donors (Lipinski definition) is 0. The van der Waals surface area contributed by atoms with Crippen LogP contribution in [0, 0.1) is 0 Å². The van der Waals surface area contributed by atoms with Gasteiger partial charge < -0.3 is 9.69 Å². The monoisotopic (exact) mass is 209 g/mol. The van der Waals surface area contributed by atoms with Crippen LogP contribution in [0.5, 0.6) is 0 Å². The van der Waals surface area contributed by atoms with Crippen molar-refractivity contribution in [3.63, 3.8) is 0 Å². The summed E-state index contributed by atoms with van der Waals surface area (Å²) in [5.41, 5.74) is 2.07. The maximum absolute atomic E-state index is 10.9. The minimum absolute atomic E-state index is 0.0138. The second-order valence-electron chi connectivity index (χ2n) is 3.63. The van der Waals surface area contributed by atoms with Gasteiger partial charge in [-0.15, -0.1) is 0 Å². The summed E-state index contributed by atoms with van der Waals surface area (Å²) >= 11 is 6.10. The Kier molecular flexibility index (Phi) is 2.46. The van der Waals surface area contributed by atoms with Crippen LogP contribution in [0.1, 0.15) is 17.9 Å². The predicted molar refractivity (Wildman–Crippen MR) is 58.1 cm³/mol. The van der Waals surface area contributed by atoms with Crippen LogP contribution in [-0.2, 0) is 4.79 Å². The van der Waals surface area contributed by atoms with Gasteiger partial charge in [0, 0.05) is 19.5 Å². The maximum atomic E-state index is 10.9. The van der Waals surface area contributed by atoms with Gasteiger partial charge >= 0.3 is 0 Å². The third-order valence-electron chi connectivity index (χ3n) is 2.74. The molecule has 1 aliphatic rings. The Morgan fingerprint density at radius 1 is 1.57 bits per heavy atom. The molecule has 0 saturated carbocycles. The zero-order valence-corrected chi connectivity index (χ0v) is 8.79. The molecule has 2 nitrogen and oxygen atoms in total. The summed E-state index contributed by atoms with van der Waals surface area (Å²) in [5.74, 6) is 0.0138. The quantitative estimate of drug-likeness (QED) is 0.663. The summed E-state index contributed by atoms with van der Waals surface area (Å²) in [6.45, 7) is 0.889. The minimum atomic E-state index is 0.0138. The van der Waals surface area contributed by atoms with E-state index in [1.54, 1.807) is 0 Å². The van der Waals surface area contributed by atoms with Crippen molar-refractivity contribution in [3.05, 3.63) is 28.8 Å². The fourth-order valence-electron chi connectivity index (χ4n) is 1.98. The maximum Gasteiger partial charge on any atom is 0.127 e. The molecule has 1 atom stereocenters. The molecular formula is C11H12ClNO. The molecule has 1 unspecified atom stereocenters. The van der Waals surface area contributed by atoms with E-state index in [1.807, 2.05) is 25.2 Å². The van der Waals surface area contributed by atoms with Crippen LogP contribution < -0.4 is 4.90 Å². The molecule has 0 aromatic heterocycles. The van der Waals surface area contributed by atoms with Crippen LogP contribution in [0.3, 0.4) is 0 Å². The number of anilines is 1. The van der Waals surface area contributed by atoms with E-state index < -0.39 is 0 Å². The Labute approximate surface area is 88.5 Å². The molecule has 0 saturated heterocycles. The molecule has 1 aromatic carbocycles. The van der Waals surface area contributed by atoms with Gasteiger partial charge in [-0.3, -0.25) is 0 Å². The number of nitrogens with zero attached hydrogens (tertiary/aromatic N) is 1. The number of fused-ring (bicyclic) bond motifs is 1. The molecule has 0 amide bonds. The summed E-state index contributed by atoms with van der Waals surface area (Å²) in [4.78, 5) is 13.0. The van der Waals surface area contributed by atoms with Gasteiger partial charge in [-0.2, -0.15) is 0 Å². The zero-order valence-electron chi connectivity index (χ0n) is 8.03. The number of carbonyl (C=O) groups is 1. The van der Waals surface area contributed by atoms with E-state index in [4.69, 9.17) is 11.6 Å². The Hall–Kier alpha value is -1.02. The number of halogens is 1. The number of rotatable bonds is 1. The fraction of sp³-hybridized carbons (Fsp3) is 0.364. The summed E-state index contributed by atoms with van der Waals surface area (Å²) in [6, 6.07) is 5.75. The highest BCUT2D eigenvalue weighted by atomic mass is 35.5. The summed E-state index contributed by atoms with van der Waals surface area (Å²) in [7, 11) is 2.01. The largest absolute Gasteiger partial charge is 0.373 e. The smallest absolute Gasteiger partial charge is 0.127 e. The fourth-order valence-corrected chi connectivity index (χ4v) is 2.30. The van der Waals surface area contributed by atoms with Crippen molar-refractivity contribution < 1.29 is 4.79 Å². The van der Waals surface area contributed by atoms with Crippen molar-refractivity contribution in [2.45, 2.75) is 12.3 Å². The molecule has 0 radical (unpaired) electrons. The normalized spacial score (nSPS) is 20.4. The number of para-hydroxylation sites is 1. The molecule has 0 N–H and O–H groups in total. The van der Waals surface area contributed by atoms with Crippen molar-refractivity contribution in [3.8, 4) is 0 Å². The Balaban J connectivity index is 2.56. The van der Waals surface area contributed by atoms with Gasteiger partial charge in [0.1, 0.15) is 6.29 Å². The second kappa shape index (κ2) is 3.62. The van der Waals surface area contributed by atoms with Crippen LogP contribution in [0.15, 0.2) is 18.2 Å². The van der Waals surface area contributed by atoms with Gasteiger partial charge in [0.2, 0.25) is 0 Å². The highest BCUT2D eigenvalue weighted by molar-refractivity contribution is 6.33. The number of hydrogen-bond acceptors (Lipinski definition) is 2. The summed E-state index contributed by atoms with van der Waals surface area (Å²) < 4.78 is 0. The molecule has 1 aromatic rings. The number of carbonyl (C=O) groups excluding carboxylic acids is 1. The standard InChI is InChI=1S/C11H12ClNO/c1-13-6-5-8(7-14)9-3-2-4-10(12)11(9)13/h2-4,7-8H,5-6H2,1H3. The molecule has 1 heterocycles. The third kappa shape index (κ3) is 1.40. The van der Waals surface area contributed by atoms with Gasteiger partial charge in [0.05, 0.1) is 10.7 Å². The molecule has 0 bridgehead atoms. The van der Waals surface area contributed by atoms with Crippen LogP contribution in [0.25, 0.3) is 0 Å². The van der Waals surface area contributed by atoms with E-state index in [0.29, 0.717) is 0 Å². The molecule has 1 aliphatic heterocycles. The number of benzene rings is 1. The van der Waals surface area contributed by atoms with E-state index in [0.717, 1.165) is 35.5 Å². The molecule has 0 fully saturated rings. The zero-order chi connectivity index (χ0) is 10.1. The highest BCUT2D eigenvalue weighted by Crippen LogP contribution is 2.38. The van der Waals surface area contributed by atoms with Gasteiger partial charge in [-0.25, -0.2) is 0 Å². The van der Waals surface area contributed by atoms with Crippen LogP contribution in [0.4, 0.5) is 5.69 Å². The van der Waals surface area contributed by atoms with Crippen LogP contribution >= 0.6 is 11.6 Å². The lowest BCUT2D eigenvalue weighted by Crippen LogP contribution is -2.28. The van der Waals surface area contributed by atoms with E-state index >= 15 is 0 Å². The first-order valence-electron chi connectivity index (χ1n) is 4.69. The number of aldehydes is 1. The molecule has 0 aliphatic carbocycles. The van der Waals surface area contributed by atoms with Crippen LogP contribution in [0.2, 0.25) is 5.02 Å². The lowest BCUT2D eigenvalue weighted by atomic mass is 9.91. The highest BCUT2D eigenvalue weighted by Gasteiger charge is 2.24. The lowest BCUT2D eigenvalue weighted by molar-refractivity contribution is -0.109. The van der Waals surface area contributed by atoms with E-state index in [1.165, 1.54) is 0 Å². The van der Waals surface area contributed by atoms with E-state index in [2.05, 4.69) is 4.90 Å². The first-order chi connectivity index (χ1) is 6.74. The molecule has 0 spiro atoms. The average molecular weight is 210 g/mol.